The molecule has 0 aromatic heterocycles. The molecule has 0 bridgehead atoms. The van der Waals surface area contributed by atoms with Gasteiger partial charge in [0.2, 0.25) is 0 Å². The molecule has 200 valence electrons. The summed E-state index contributed by atoms with van der Waals surface area (Å²) in [5.74, 6) is 0. The van der Waals surface area contributed by atoms with E-state index in [0.717, 1.165) is 57.8 Å². The first-order valence-electron chi connectivity index (χ1n) is 14.0. The average molecular weight is 465 g/mol. The quantitative estimate of drug-likeness (QED) is 0.166. The zero-order chi connectivity index (χ0) is 25.5. The lowest BCUT2D eigenvalue weighted by Gasteiger charge is -2.04. The first kappa shape index (κ1) is 39.1. The fraction of sp³-hybridized carbons (Fsp3) is 1.00. The van der Waals surface area contributed by atoms with Gasteiger partial charge in [-0.1, -0.05) is 112 Å². The molecule has 0 saturated heterocycles. The second-order valence-electron chi connectivity index (χ2n) is 8.92. The molecule has 0 radical (unpaired) electrons. The number of unbranched alkanes of at least 4 members (excludes halogenated alkanes) is 7. The molecular formula is C28H64O4. The van der Waals surface area contributed by atoms with Gasteiger partial charge in [0.25, 0.3) is 0 Å². The third-order valence-electron chi connectivity index (χ3n) is 5.09. The van der Waals surface area contributed by atoms with Gasteiger partial charge >= 0.3 is 0 Å². The van der Waals surface area contributed by atoms with Gasteiger partial charge in [0, 0.05) is 6.61 Å². The highest BCUT2D eigenvalue weighted by atomic mass is 16.3. The normalized spacial score (nSPS) is 12.0. The molecule has 0 rings (SSSR count). The predicted octanol–water partition coefficient (Wildman–Crippen LogP) is 7.79. The fourth-order valence-electron chi connectivity index (χ4n) is 2.86. The summed E-state index contributed by atoms with van der Waals surface area (Å²) in [5, 5.41) is 35.2. The van der Waals surface area contributed by atoms with Crippen molar-refractivity contribution in [2.45, 2.75) is 176 Å². The highest BCUT2D eigenvalue weighted by Crippen LogP contribution is 2.03. The monoisotopic (exact) mass is 464 g/mol. The van der Waals surface area contributed by atoms with E-state index in [4.69, 9.17) is 20.4 Å². The molecule has 0 fully saturated rings. The Bertz CT molecular complexity index is 260. The minimum atomic E-state index is -0.0958. The van der Waals surface area contributed by atoms with Crippen molar-refractivity contribution in [3.63, 3.8) is 0 Å². The maximum Gasteiger partial charge on any atom is 0.0540 e. The van der Waals surface area contributed by atoms with E-state index in [-0.39, 0.29) is 18.3 Å². The maximum absolute atomic E-state index is 9.05. The molecule has 0 aliphatic heterocycles. The van der Waals surface area contributed by atoms with Crippen molar-refractivity contribution >= 4 is 0 Å². The molecule has 0 amide bonds. The smallest absolute Gasteiger partial charge is 0.0540 e. The minimum absolute atomic E-state index is 0.0370. The molecule has 4 nitrogen and oxygen atoms in total. The van der Waals surface area contributed by atoms with Crippen LogP contribution in [0.15, 0.2) is 0 Å². The second-order valence-corrected chi connectivity index (χ2v) is 8.92. The van der Waals surface area contributed by atoms with Crippen LogP contribution in [0, 0.1) is 0 Å². The molecule has 4 heteroatoms. The number of hydrogen-bond acceptors (Lipinski definition) is 4. The van der Waals surface area contributed by atoms with Crippen LogP contribution in [0.2, 0.25) is 0 Å². The minimum Gasteiger partial charge on any atom is -0.396 e. The van der Waals surface area contributed by atoms with Gasteiger partial charge in [-0.05, 0) is 45.4 Å². The first-order chi connectivity index (χ1) is 15.3. The predicted molar refractivity (Wildman–Crippen MR) is 143 cm³/mol. The molecule has 4 N–H and O–H groups in total. The van der Waals surface area contributed by atoms with Crippen LogP contribution in [-0.4, -0.2) is 45.3 Å². The van der Waals surface area contributed by atoms with Crippen LogP contribution in [0.4, 0.5) is 0 Å². The Labute approximate surface area is 203 Å². The molecule has 32 heavy (non-hydrogen) atoms. The lowest BCUT2D eigenvalue weighted by molar-refractivity contribution is 0.152. The van der Waals surface area contributed by atoms with Gasteiger partial charge in [-0.2, -0.15) is 0 Å². The largest absolute Gasteiger partial charge is 0.396 e. The van der Waals surface area contributed by atoms with E-state index in [0.29, 0.717) is 6.61 Å². The summed E-state index contributed by atoms with van der Waals surface area (Å²) in [6.07, 6.45) is 18.9. The molecule has 0 aromatic rings. The topological polar surface area (TPSA) is 80.9 Å². The van der Waals surface area contributed by atoms with E-state index in [1.165, 1.54) is 51.4 Å². The van der Waals surface area contributed by atoms with Crippen molar-refractivity contribution in [1.82, 2.24) is 0 Å². The first-order valence-corrected chi connectivity index (χ1v) is 14.0. The molecule has 0 saturated carbocycles. The molecule has 0 spiro atoms. The SMILES string of the molecule is CCCC(O)CCC.CCCCC(O)CC.CCCCCC(C)O.CCCCCCCO. The van der Waals surface area contributed by atoms with Gasteiger partial charge in [0.05, 0.1) is 18.3 Å². The lowest BCUT2D eigenvalue weighted by Crippen LogP contribution is -2.03. The Morgan fingerprint density at radius 3 is 1.31 bits per heavy atom. The van der Waals surface area contributed by atoms with Crippen LogP contribution in [0.3, 0.4) is 0 Å². The van der Waals surface area contributed by atoms with Crippen molar-refractivity contribution in [2.75, 3.05) is 6.61 Å². The summed E-state index contributed by atoms with van der Waals surface area (Å²) < 4.78 is 0. The molecular weight excluding hydrogens is 400 g/mol. The Hall–Kier alpha value is -0.160. The van der Waals surface area contributed by atoms with E-state index in [1.54, 1.807) is 0 Å². The van der Waals surface area contributed by atoms with Crippen molar-refractivity contribution in [3.05, 3.63) is 0 Å². The number of hydrogen-bond donors (Lipinski definition) is 4. The van der Waals surface area contributed by atoms with Crippen LogP contribution in [-0.2, 0) is 0 Å². The second kappa shape index (κ2) is 38.1. The van der Waals surface area contributed by atoms with Crippen LogP contribution >= 0.6 is 0 Å². The third-order valence-corrected chi connectivity index (χ3v) is 5.09. The fourth-order valence-corrected chi connectivity index (χ4v) is 2.86. The van der Waals surface area contributed by atoms with E-state index >= 15 is 0 Å². The Kier molecular flexibility index (Phi) is 46.5. The van der Waals surface area contributed by atoms with Crippen LogP contribution in [0.5, 0.6) is 0 Å². The molecule has 0 heterocycles. The highest BCUT2D eigenvalue weighted by molar-refractivity contribution is 4.51. The lowest BCUT2D eigenvalue weighted by atomic mass is 10.1. The van der Waals surface area contributed by atoms with Gasteiger partial charge in [0.15, 0.2) is 0 Å². The van der Waals surface area contributed by atoms with E-state index in [1.807, 2.05) is 13.8 Å². The standard InChI is InChI=1S/4C7H16O/c1-3-4-5-6-7(2)8;1-3-5-6-7(8)4-2;1-3-5-7(8)6-4-2;1-2-3-4-5-6-7-8/h3*7-8H,3-6H2,1-2H3;8H,2-7H2,1H3. The van der Waals surface area contributed by atoms with Crippen molar-refractivity contribution in [1.29, 1.82) is 0 Å². The summed E-state index contributed by atoms with van der Waals surface area (Å²) in [6.45, 7) is 14.9. The van der Waals surface area contributed by atoms with E-state index in [9.17, 15) is 0 Å². The highest BCUT2D eigenvalue weighted by Gasteiger charge is 1.98. The molecule has 0 aliphatic rings. The summed E-state index contributed by atoms with van der Waals surface area (Å²) in [4.78, 5) is 0. The molecule has 0 aliphatic carbocycles. The van der Waals surface area contributed by atoms with Crippen molar-refractivity contribution < 1.29 is 20.4 Å². The van der Waals surface area contributed by atoms with E-state index < -0.39 is 0 Å². The molecule has 0 aromatic carbocycles. The Morgan fingerprint density at radius 1 is 0.469 bits per heavy atom. The Morgan fingerprint density at radius 2 is 0.938 bits per heavy atom. The zero-order valence-electron chi connectivity index (χ0n) is 23.2. The Balaban J connectivity index is -0.000000163. The zero-order valence-corrected chi connectivity index (χ0v) is 23.2. The van der Waals surface area contributed by atoms with Crippen LogP contribution < -0.4 is 0 Å². The van der Waals surface area contributed by atoms with E-state index in [2.05, 4.69) is 34.6 Å². The van der Waals surface area contributed by atoms with Crippen molar-refractivity contribution in [3.8, 4) is 0 Å². The maximum atomic E-state index is 9.05. The molecule has 2 unspecified atom stereocenters. The number of aliphatic hydroxyl groups excluding tert-OH is 4. The van der Waals surface area contributed by atoms with Crippen molar-refractivity contribution in [2.24, 2.45) is 0 Å². The van der Waals surface area contributed by atoms with Gasteiger partial charge in [-0.25, -0.2) is 0 Å². The summed E-state index contributed by atoms with van der Waals surface area (Å²) in [5.41, 5.74) is 0. The van der Waals surface area contributed by atoms with Crippen LogP contribution in [0.25, 0.3) is 0 Å². The van der Waals surface area contributed by atoms with Gasteiger partial charge in [0.1, 0.15) is 0 Å². The van der Waals surface area contributed by atoms with Gasteiger partial charge < -0.3 is 20.4 Å². The van der Waals surface area contributed by atoms with Crippen LogP contribution in [0.1, 0.15) is 158 Å². The average Bonchev–Trinajstić information content (AvgIpc) is 2.77. The van der Waals surface area contributed by atoms with Gasteiger partial charge in [-0.3, -0.25) is 0 Å². The number of rotatable bonds is 17. The number of aliphatic hydroxyl groups is 4. The van der Waals surface area contributed by atoms with Gasteiger partial charge in [-0.15, -0.1) is 0 Å². The third kappa shape index (κ3) is 52.0. The summed E-state index contributed by atoms with van der Waals surface area (Å²) in [6, 6.07) is 0. The molecule has 2 atom stereocenters. The summed E-state index contributed by atoms with van der Waals surface area (Å²) in [7, 11) is 0. The summed E-state index contributed by atoms with van der Waals surface area (Å²) >= 11 is 0.